The maximum Gasteiger partial charge on any atom is 0.416 e. The van der Waals surface area contributed by atoms with Gasteiger partial charge in [0.1, 0.15) is 0 Å². The standard InChI is InChI=1S/C12H13F3NO/c13-12(14,15)11-4-2-1-3-10(11)9-16-5-7-17-8-6-16/h1,3-4H,5-9H2. The normalized spacial score (nSPS) is 18.3. The minimum Gasteiger partial charge on any atom is -0.379 e. The zero-order chi connectivity index (χ0) is 12.3. The molecule has 1 aliphatic heterocycles. The van der Waals surface area contributed by atoms with Crippen LogP contribution < -0.4 is 0 Å². The smallest absolute Gasteiger partial charge is 0.379 e. The number of halogens is 3. The van der Waals surface area contributed by atoms with Crippen LogP contribution in [0.4, 0.5) is 13.2 Å². The highest BCUT2D eigenvalue weighted by Crippen LogP contribution is 2.32. The van der Waals surface area contributed by atoms with Crippen LogP contribution in [0.15, 0.2) is 18.2 Å². The van der Waals surface area contributed by atoms with E-state index in [9.17, 15) is 13.2 Å². The van der Waals surface area contributed by atoms with E-state index in [0.717, 1.165) is 6.07 Å². The lowest BCUT2D eigenvalue weighted by atomic mass is 10.1. The molecule has 1 fully saturated rings. The van der Waals surface area contributed by atoms with Crippen molar-refractivity contribution in [2.24, 2.45) is 0 Å². The van der Waals surface area contributed by atoms with Crippen molar-refractivity contribution < 1.29 is 17.9 Å². The topological polar surface area (TPSA) is 12.5 Å². The number of benzene rings is 1. The Morgan fingerprint density at radius 2 is 2.00 bits per heavy atom. The number of ether oxygens (including phenoxy) is 1. The van der Waals surface area contributed by atoms with E-state index in [1.165, 1.54) is 12.1 Å². The Morgan fingerprint density at radius 1 is 1.29 bits per heavy atom. The molecule has 2 rings (SSSR count). The molecule has 0 bridgehead atoms. The maximum atomic E-state index is 12.7. The third-order valence-corrected chi connectivity index (χ3v) is 2.76. The SMILES string of the molecule is FC(F)(F)c1c[c]ccc1CN1CCOCC1. The highest BCUT2D eigenvalue weighted by Gasteiger charge is 2.33. The fraction of sp³-hybridized carbons (Fsp3) is 0.500. The number of nitrogens with zero attached hydrogens (tertiary/aromatic N) is 1. The van der Waals surface area contributed by atoms with Crippen LogP contribution in [0.3, 0.4) is 0 Å². The van der Waals surface area contributed by atoms with E-state index in [-0.39, 0.29) is 0 Å². The monoisotopic (exact) mass is 244 g/mol. The molecule has 0 aliphatic carbocycles. The third-order valence-electron chi connectivity index (χ3n) is 2.76. The molecule has 0 N–H and O–H groups in total. The largest absolute Gasteiger partial charge is 0.416 e. The van der Waals surface area contributed by atoms with Crippen molar-refractivity contribution in [3.05, 3.63) is 35.4 Å². The summed E-state index contributed by atoms with van der Waals surface area (Å²) in [6.07, 6.45) is -4.31. The Labute approximate surface area is 98.0 Å². The summed E-state index contributed by atoms with van der Waals surface area (Å²) in [6, 6.07) is 6.49. The third kappa shape index (κ3) is 3.20. The van der Waals surface area contributed by atoms with Crippen molar-refractivity contribution in [1.29, 1.82) is 0 Å². The van der Waals surface area contributed by atoms with Gasteiger partial charge in [-0.15, -0.1) is 0 Å². The van der Waals surface area contributed by atoms with Crippen molar-refractivity contribution >= 4 is 0 Å². The molecule has 5 heteroatoms. The predicted molar refractivity (Wildman–Crippen MR) is 56.4 cm³/mol. The molecule has 1 aliphatic rings. The predicted octanol–water partition coefficient (Wildman–Crippen LogP) is 2.34. The van der Waals surface area contributed by atoms with Crippen molar-refractivity contribution in [3.63, 3.8) is 0 Å². The van der Waals surface area contributed by atoms with Crippen LogP contribution in [0, 0.1) is 6.07 Å². The number of alkyl halides is 3. The minimum atomic E-state index is -4.31. The van der Waals surface area contributed by atoms with E-state index in [1.54, 1.807) is 0 Å². The molecule has 1 saturated heterocycles. The second-order valence-corrected chi connectivity index (χ2v) is 3.97. The van der Waals surface area contributed by atoms with E-state index >= 15 is 0 Å². The lowest BCUT2D eigenvalue weighted by molar-refractivity contribution is -0.138. The van der Waals surface area contributed by atoms with Crippen molar-refractivity contribution in [3.8, 4) is 0 Å². The van der Waals surface area contributed by atoms with E-state index in [1.807, 2.05) is 4.90 Å². The Morgan fingerprint density at radius 3 is 2.65 bits per heavy atom. The van der Waals surface area contributed by atoms with Crippen LogP contribution in [-0.4, -0.2) is 31.2 Å². The van der Waals surface area contributed by atoms with Crippen LogP contribution in [0.1, 0.15) is 11.1 Å². The lowest BCUT2D eigenvalue weighted by Crippen LogP contribution is -2.36. The van der Waals surface area contributed by atoms with Crippen molar-refractivity contribution in [2.45, 2.75) is 12.7 Å². The average molecular weight is 244 g/mol. The molecule has 0 spiro atoms. The molecule has 0 amide bonds. The molecule has 1 radical (unpaired) electrons. The van der Waals surface area contributed by atoms with E-state index < -0.39 is 11.7 Å². The summed E-state index contributed by atoms with van der Waals surface area (Å²) in [7, 11) is 0. The summed E-state index contributed by atoms with van der Waals surface area (Å²) in [5, 5.41) is 0. The Balaban J connectivity index is 2.14. The van der Waals surface area contributed by atoms with Gasteiger partial charge in [-0.2, -0.15) is 13.2 Å². The molecule has 17 heavy (non-hydrogen) atoms. The lowest BCUT2D eigenvalue weighted by Gasteiger charge is -2.27. The van der Waals surface area contributed by atoms with Gasteiger partial charge in [0.25, 0.3) is 0 Å². The van der Waals surface area contributed by atoms with Gasteiger partial charge in [0.05, 0.1) is 18.8 Å². The van der Waals surface area contributed by atoms with Gasteiger partial charge in [-0.25, -0.2) is 0 Å². The second-order valence-electron chi connectivity index (χ2n) is 3.97. The molecular weight excluding hydrogens is 231 g/mol. The van der Waals surface area contributed by atoms with Crippen LogP contribution in [0.5, 0.6) is 0 Å². The van der Waals surface area contributed by atoms with Gasteiger partial charge < -0.3 is 4.74 Å². The first kappa shape index (κ1) is 12.4. The van der Waals surface area contributed by atoms with E-state index in [4.69, 9.17) is 4.74 Å². The summed E-state index contributed by atoms with van der Waals surface area (Å²) in [5.41, 5.74) is -0.287. The molecule has 1 heterocycles. The number of morpholine rings is 1. The Hall–Kier alpha value is -1.07. The summed E-state index contributed by atoms with van der Waals surface area (Å²) in [5.74, 6) is 0. The van der Waals surface area contributed by atoms with Gasteiger partial charge >= 0.3 is 6.18 Å². The van der Waals surface area contributed by atoms with Crippen LogP contribution in [-0.2, 0) is 17.5 Å². The molecule has 1 aromatic rings. The molecule has 1 aromatic carbocycles. The summed E-state index contributed by atoms with van der Waals surface area (Å²) in [4.78, 5) is 1.97. The van der Waals surface area contributed by atoms with E-state index in [0.29, 0.717) is 38.4 Å². The first-order valence-electron chi connectivity index (χ1n) is 5.43. The summed E-state index contributed by atoms with van der Waals surface area (Å²) >= 11 is 0. The second kappa shape index (κ2) is 5.06. The number of hydrogen-bond donors (Lipinski definition) is 0. The van der Waals surface area contributed by atoms with Gasteiger partial charge in [0.15, 0.2) is 0 Å². The molecule has 0 aromatic heterocycles. The van der Waals surface area contributed by atoms with Gasteiger partial charge in [0.2, 0.25) is 0 Å². The van der Waals surface area contributed by atoms with Crippen LogP contribution in [0.25, 0.3) is 0 Å². The van der Waals surface area contributed by atoms with Crippen LogP contribution >= 0.6 is 0 Å². The molecule has 2 nitrogen and oxygen atoms in total. The molecule has 0 unspecified atom stereocenters. The molecular formula is C12H13F3NO. The summed E-state index contributed by atoms with van der Waals surface area (Å²) < 4.78 is 43.4. The quantitative estimate of drug-likeness (QED) is 0.791. The first-order chi connectivity index (χ1) is 8.07. The van der Waals surface area contributed by atoms with Crippen LogP contribution in [0.2, 0.25) is 0 Å². The minimum absolute atomic E-state index is 0.304. The fourth-order valence-corrected chi connectivity index (χ4v) is 1.86. The molecule has 0 saturated carbocycles. The summed E-state index contributed by atoms with van der Waals surface area (Å²) in [6.45, 7) is 2.83. The van der Waals surface area contributed by atoms with Gasteiger partial charge in [-0.1, -0.05) is 12.1 Å². The maximum absolute atomic E-state index is 12.7. The average Bonchev–Trinajstić information content (AvgIpc) is 2.30. The number of hydrogen-bond acceptors (Lipinski definition) is 2. The number of rotatable bonds is 2. The van der Waals surface area contributed by atoms with Crippen molar-refractivity contribution in [1.82, 2.24) is 4.90 Å². The zero-order valence-corrected chi connectivity index (χ0v) is 9.26. The fourth-order valence-electron chi connectivity index (χ4n) is 1.86. The van der Waals surface area contributed by atoms with E-state index in [2.05, 4.69) is 6.07 Å². The van der Waals surface area contributed by atoms with Gasteiger partial charge in [0, 0.05) is 19.6 Å². The zero-order valence-electron chi connectivity index (χ0n) is 9.26. The first-order valence-corrected chi connectivity index (χ1v) is 5.43. The molecule has 0 atom stereocenters. The highest BCUT2D eigenvalue weighted by atomic mass is 19.4. The Bertz CT molecular complexity index is 372. The Kier molecular flexibility index (Phi) is 3.69. The highest BCUT2D eigenvalue weighted by molar-refractivity contribution is 5.29. The van der Waals surface area contributed by atoms with Gasteiger partial charge in [-0.3, -0.25) is 4.90 Å². The molecule has 93 valence electrons. The van der Waals surface area contributed by atoms with Gasteiger partial charge in [-0.05, 0) is 17.7 Å². The van der Waals surface area contributed by atoms with Crippen molar-refractivity contribution in [2.75, 3.05) is 26.3 Å².